The fraction of sp³-hybridized carbons (Fsp3) is 0.0625. The van der Waals surface area contributed by atoms with Gasteiger partial charge in [0, 0.05) is 29.0 Å². The number of pyridine rings is 1. The van der Waals surface area contributed by atoms with Crippen molar-refractivity contribution in [1.29, 1.82) is 0 Å². The van der Waals surface area contributed by atoms with E-state index in [9.17, 15) is 4.39 Å². The van der Waals surface area contributed by atoms with Crippen LogP contribution >= 0.6 is 0 Å². The van der Waals surface area contributed by atoms with Gasteiger partial charge in [0.1, 0.15) is 0 Å². The number of methoxy groups -OCH3 is 1. The van der Waals surface area contributed by atoms with Gasteiger partial charge in [0.2, 0.25) is 0 Å². The van der Waals surface area contributed by atoms with E-state index in [1.165, 1.54) is 13.2 Å². The number of anilines is 2. The lowest BCUT2D eigenvalue weighted by Gasteiger charge is -2.10. The summed E-state index contributed by atoms with van der Waals surface area (Å²) in [5, 5.41) is 3.98. The summed E-state index contributed by atoms with van der Waals surface area (Å²) >= 11 is 0. The summed E-state index contributed by atoms with van der Waals surface area (Å²) in [5.74, 6) is -0.203. The first-order chi connectivity index (χ1) is 9.78. The molecule has 0 radical (unpaired) electrons. The number of rotatable bonds is 3. The van der Waals surface area contributed by atoms with Gasteiger partial charge in [-0.1, -0.05) is 18.2 Å². The average Bonchev–Trinajstić information content (AvgIpc) is 2.48. The first-order valence-corrected chi connectivity index (χ1v) is 6.22. The highest BCUT2D eigenvalue weighted by Crippen LogP contribution is 2.29. The monoisotopic (exact) mass is 268 g/mol. The molecular weight excluding hydrogens is 255 g/mol. The van der Waals surface area contributed by atoms with Crippen molar-refractivity contribution in [3.63, 3.8) is 0 Å². The standard InChI is InChI=1S/C16H13FN2O/c1-20-16-10-15-12(9-13(16)17)14(7-8-18-15)19-11-5-3-2-4-6-11/h2-10H,1H3,(H,18,19). The first-order valence-electron chi connectivity index (χ1n) is 6.22. The van der Waals surface area contributed by atoms with Gasteiger partial charge < -0.3 is 10.1 Å². The zero-order valence-corrected chi connectivity index (χ0v) is 10.9. The second-order valence-corrected chi connectivity index (χ2v) is 4.35. The Labute approximate surface area is 116 Å². The molecule has 0 aliphatic carbocycles. The molecule has 0 fully saturated rings. The smallest absolute Gasteiger partial charge is 0.165 e. The summed E-state index contributed by atoms with van der Waals surface area (Å²) in [6.45, 7) is 0. The van der Waals surface area contributed by atoms with Crippen molar-refractivity contribution in [2.45, 2.75) is 0 Å². The lowest BCUT2D eigenvalue weighted by molar-refractivity contribution is 0.387. The molecule has 0 bridgehead atoms. The zero-order chi connectivity index (χ0) is 13.9. The predicted molar refractivity (Wildman–Crippen MR) is 78.0 cm³/mol. The van der Waals surface area contributed by atoms with E-state index in [1.54, 1.807) is 12.3 Å². The van der Waals surface area contributed by atoms with Crippen LogP contribution in [0.5, 0.6) is 5.75 Å². The van der Waals surface area contributed by atoms with Crippen LogP contribution in [0.3, 0.4) is 0 Å². The number of hydrogen-bond donors (Lipinski definition) is 1. The Bertz CT molecular complexity index is 744. The molecule has 1 N–H and O–H groups in total. The number of fused-ring (bicyclic) bond motifs is 1. The molecule has 0 atom stereocenters. The molecule has 3 rings (SSSR count). The number of nitrogens with one attached hydrogen (secondary N) is 1. The Morgan fingerprint density at radius 1 is 1.10 bits per heavy atom. The van der Waals surface area contributed by atoms with E-state index in [-0.39, 0.29) is 5.75 Å². The number of halogens is 1. The van der Waals surface area contributed by atoms with E-state index >= 15 is 0 Å². The molecule has 0 amide bonds. The molecule has 2 aromatic carbocycles. The molecular formula is C16H13FN2O. The average molecular weight is 268 g/mol. The SMILES string of the molecule is COc1cc2nccc(Nc3ccccc3)c2cc1F. The lowest BCUT2D eigenvalue weighted by Crippen LogP contribution is -1.94. The van der Waals surface area contributed by atoms with Crippen LogP contribution in [0.1, 0.15) is 0 Å². The molecule has 0 saturated heterocycles. The van der Waals surface area contributed by atoms with E-state index in [1.807, 2.05) is 36.4 Å². The summed E-state index contributed by atoms with van der Waals surface area (Å²) in [7, 11) is 1.44. The Morgan fingerprint density at radius 3 is 2.65 bits per heavy atom. The van der Waals surface area contributed by atoms with Gasteiger partial charge in [0.25, 0.3) is 0 Å². The van der Waals surface area contributed by atoms with Crippen LogP contribution in [0.2, 0.25) is 0 Å². The number of nitrogens with zero attached hydrogens (tertiary/aromatic N) is 1. The number of benzene rings is 2. The minimum absolute atomic E-state index is 0.196. The summed E-state index contributed by atoms with van der Waals surface area (Å²) in [5.41, 5.74) is 2.43. The largest absolute Gasteiger partial charge is 0.494 e. The van der Waals surface area contributed by atoms with Crippen molar-refractivity contribution in [2.24, 2.45) is 0 Å². The molecule has 1 heterocycles. The van der Waals surface area contributed by atoms with Gasteiger partial charge in [-0.3, -0.25) is 4.98 Å². The van der Waals surface area contributed by atoms with E-state index in [0.717, 1.165) is 16.8 Å². The normalized spacial score (nSPS) is 10.5. The minimum Gasteiger partial charge on any atom is -0.494 e. The van der Waals surface area contributed by atoms with Crippen molar-refractivity contribution >= 4 is 22.3 Å². The van der Waals surface area contributed by atoms with Crippen molar-refractivity contribution in [2.75, 3.05) is 12.4 Å². The van der Waals surface area contributed by atoms with Crippen LogP contribution in [0.15, 0.2) is 54.7 Å². The molecule has 4 heteroatoms. The van der Waals surface area contributed by atoms with E-state index in [0.29, 0.717) is 5.52 Å². The minimum atomic E-state index is -0.399. The fourth-order valence-electron chi connectivity index (χ4n) is 2.09. The Balaban J connectivity index is 2.09. The van der Waals surface area contributed by atoms with E-state index < -0.39 is 5.82 Å². The molecule has 3 nitrogen and oxygen atoms in total. The number of hydrogen-bond acceptors (Lipinski definition) is 3. The predicted octanol–water partition coefficient (Wildman–Crippen LogP) is 4.13. The number of aromatic nitrogens is 1. The van der Waals surface area contributed by atoms with Gasteiger partial charge in [-0.15, -0.1) is 0 Å². The second kappa shape index (κ2) is 5.17. The molecule has 100 valence electrons. The third kappa shape index (κ3) is 2.28. The Morgan fingerprint density at radius 2 is 1.90 bits per heavy atom. The highest BCUT2D eigenvalue weighted by molar-refractivity contribution is 5.93. The van der Waals surface area contributed by atoms with Crippen LogP contribution in [0.25, 0.3) is 10.9 Å². The molecule has 1 aromatic heterocycles. The topological polar surface area (TPSA) is 34.1 Å². The van der Waals surface area contributed by atoms with Crippen molar-refractivity contribution in [3.8, 4) is 5.75 Å². The molecule has 0 unspecified atom stereocenters. The maximum absolute atomic E-state index is 13.9. The summed E-state index contributed by atoms with van der Waals surface area (Å²) < 4.78 is 18.8. The lowest BCUT2D eigenvalue weighted by atomic mass is 10.1. The van der Waals surface area contributed by atoms with Crippen LogP contribution in [-0.4, -0.2) is 12.1 Å². The van der Waals surface area contributed by atoms with Crippen molar-refractivity contribution in [1.82, 2.24) is 4.98 Å². The maximum atomic E-state index is 13.9. The summed E-state index contributed by atoms with van der Waals surface area (Å²) in [6, 6.07) is 14.6. The third-order valence-electron chi connectivity index (χ3n) is 3.07. The molecule has 0 aliphatic heterocycles. The quantitative estimate of drug-likeness (QED) is 0.775. The van der Waals surface area contributed by atoms with Crippen LogP contribution < -0.4 is 10.1 Å². The maximum Gasteiger partial charge on any atom is 0.165 e. The van der Waals surface area contributed by atoms with Gasteiger partial charge in [-0.2, -0.15) is 0 Å². The second-order valence-electron chi connectivity index (χ2n) is 4.35. The highest BCUT2D eigenvalue weighted by atomic mass is 19.1. The Kier molecular flexibility index (Phi) is 3.21. The van der Waals surface area contributed by atoms with Crippen LogP contribution in [-0.2, 0) is 0 Å². The molecule has 20 heavy (non-hydrogen) atoms. The molecule has 0 aliphatic rings. The van der Waals surface area contributed by atoms with Gasteiger partial charge in [0.05, 0.1) is 12.6 Å². The molecule has 0 spiro atoms. The van der Waals surface area contributed by atoms with Gasteiger partial charge in [-0.25, -0.2) is 4.39 Å². The Hall–Kier alpha value is -2.62. The van der Waals surface area contributed by atoms with E-state index in [4.69, 9.17) is 4.74 Å². The van der Waals surface area contributed by atoms with Crippen molar-refractivity contribution in [3.05, 3.63) is 60.5 Å². The van der Waals surface area contributed by atoms with Crippen LogP contribution in [0, 0.1) is 5.82 Å². The van der Waals surface area contributed by atoms with Gasteiger partial charge in [0.15, 0.2) is 11.6 Å². The van der Waals surface area contributed by atoms with Crippen LogP contribution in [0.4, 0.5) is 15.8 Å². The van der Waals surface area contributed by atoms with E-state index in [2.05, 4.69) is 10.3 Å². The zero-order valence-electron chi connectivity index (χ0n) is 10.9. The third-order valence-corrected chi connectivity index (χ3v) is 3.07. The fourth-order valence-corrected chi connectivity index (χ4v) is 2.09. The van der Waals surface area contributed by atoms with Gasteiger partial charge in [-0.05, 0) is 24.3 Å². The first kappa shape index (κ1) is 12.4. The summed E-state index contributed by atoms with van der Waals surface area (Å²) in [4.78, 5) is 4.25. The molecule has 0 saturated carbocycles. The van der Waals surface area contributed by atoms with Gasteiger partial charge >= 0.3 is 0 Å². The number of para-hydroxylation sites is 1. The van der Waals surface area contributed by atoms with Crippen molar-refractivity contribution < 1.29 is 9.13 Å². The highest BCUT2D eigenvalue weighted by Gasteiger charge is 2.09. The summed E-state index contributed by atoms with van der Waals surface area (Å²) in [6.07, 6.45) is 1.69. The number of ether oxygens (including phenoxy) is 1. The molecule has 3 aromatic rings.